The van der Waals surface area contributed by atoms with Crippen molar-refractivity contribution < 1.29 is 14.3 Å². The van der Waals surface area contributed by atoms with Gasteiger partial charge >= 0.3 is 0 Å². The zero-order valence-electron chi connectivity index (χ0n) is 19.7. The first-order valence-electron chi connectivity index (χ1n) is 12.1. The Morgan fingerprint density at radius 1 is 0.914 bits per heavy atom. The molecule has 6 heteroatoms. The second-order valence-electron chi connectivity index (χ2n) is 8.95. The van der Waals surface area contributed by atoms with Gasteiger partial charge in [-0.1, -0.05) is 85.1 Å². The Labute approximate surface area is 212 Å². The molecule has 0 saturated heterocycles. The van der Waals surface area contributed by atoms with E-state index in [0.717, 1.165) is 36.8 Å². The molecule has 0 heterocycles. The van der Waals surface area contributed by atoms with Crippen LogP contribution in [0, 0.1) is 0 Å². The molecule has 1 saturated carbocycles. The van der Waals surface area contributed by atoms with Crippen LogP contribution in [0.2, 0.25) is 5.02 Å². The van der Waals surface area contributed by atoms with Crippen molar-refractivity contribution in [3.8, 4) is 5.75 Å². The first-order chi connectivity index (χ1) is 17.1. The third-order valence-electron chi connectivity index (χ3n) is 6.32. The van der Waals surface area contributed by atoms with Crippen LogP contribution in [0.5, 0.6) is 5.75 Å². The minimum atomic E-state index is -0.677. The van der Waals surface area contributed by atoms with Crippen molar-refractivity contribution in [3.63, 3.8) is 0 Å². The molecule has 3 aromatic rings. The summed E-state index contributed by atoms with van der Waals surface area (Å²) in [4.78, 5) is 28.8. The monoisotopic (exact) mass is 490 g/mol. The smallest absolute Gasteiger partial charge is 0.261 e. The third-order valence-corrected chi connectivity index (χ3v) is 6.56. The summed E-state index contributed by atoms with van der Waals surface area (Å²) in [6.45, 7) is 0.0969. The van der Waals surface area contributed by atoms with Gasteiger partial charge in [0.2, 0.25) is 5.91 Å². The van der Waals surface area contributed by atoms with Gasteiger partial charge < -0.3 is 15.0 Å². The minimum Gasteiger partial charge on any atom is -0.484 e. The molecule has 2 amide bonds. The van der Waals surface area contributed by atoms with Gasteiger partial charge in [-0.05, 0) is 48.2 Å². The fourth-order valence-electron chi connectivity index (χ4n) is 4.50. The lowest BCUT2D eigenvalue weighted by Crippen LogP contribution is -2.53. The van der Waals surface area contributed by atoms with Crippen molar-refractivity contribution in [3.05, 3.63) is 101 Å². The lowest BCUT2D eigenvalue weighted by atomic mass is 10.0. The molecule has 0 radical (unpaired) electrons. The number of para-hydroxylation sites is 1. The molecule has 0 spiro atoms. The Bertz CT molecular complexity index is 1100. The van der Waals surface area contributed by atoms with Gasteiger partial charge in [0.05, 0.1) is 0 Å². The van der Waals surface area contributed by atoms with Gasteiger partial charge in [0.25, 0.3) is 5.91 Å². The number of nitrogens with one attached hydrogen (secondary N) is 1. The summed E-state index contributed by atoms with van der Waals surface area (Å²) < 4.78 is 5.77. The average molecular weight is 491 g/mol. The van der Waals surface area contributed by atoms with E-state index in [4.69, 9.17) is 16.3 Å². The Kier molecular flexibility index (Phi) is 8.79. The molecule has 0 unspecified atom stereocenters. The van der Waals surface area contributed by atoms with Crippen molar-refractivity contribution in [2.75, 3.05) is 6.61 Å². The summed E-state index contributed by atoms with van der Waals surface area (Å²) in [6, 6.07) is 25.9. The summed E-state index contributed by atoms with van der Waals surface area (Å²) in [5.74, 6) is 0.228. The van der Waals surface area contributed by atoms with E-state index in [9.17, 15) is 9.59 Å². The molecule has 182 valence electrons. The molecule has 1 atom stereocenters. The summed E-state index contributed by atoms with van der Waals surface area (Å²) in [7, 11) is 0. The number of carbonyl (C=O) groups excluding carboxylic acids is 2. The number of benzene rings is 3. The molecule has 3 aromatic carbocycles. The highest BCUT2D eigenvalue weighted by atomic mass is 35.5. The van der Waals surface area contributed by atoms with Gasteiger partial charge in [0, 0.05) is 24.0 Å². The number of carbonyl (C=O) groups is 2. The molecule has 0 aromatic heterocycles. The molecule has 5 nitrogen and oxygen atoms in total. The maximum absolute atomic E-state index is 13.6. The number of ether oxygens (including phenoxy) is 1. The van der Waals surface area contributed by atoms with Crippen LogP contribution in [0.3, 0.4) is 0 Å². The number of halogens is 1. The highest BCUT2D eigenvalue weighted by molar-refractivity contribution is 6.30. The standard InChI is InChI=1S/C29H31ClN2O3/c30-24-13-9-12-23(18-24)20-32(28(33)21-35-26-16-5-2-6-17-26)27(19-22-10-3-1-4-11-22)29(34)31-25-14-7-8-15-25/h1-6,9-13,16-18,25,27H,7-8,14-15,19-21H2,(H,31,34)/t27-/m0/s1. The van der Waals surface area contributed by atoms with E-state index in [0.29, 0.717) is 17.2 Å². The van der Waals surface area contributed by atoms with Gasteiger partial charge in [-0.25, -0.2) is 0 Å². The van der Waals surface area contributed by atoms with Crippen LogP contribution in [-0.2, 0) is 22.6 Å². The molecular weight excluding hydrogens is 460 g/mol. The predicted molar refractivity (Wildman–Crippen MR) is 138 cm³/mol. The van der Waals surface area contributed by atoms with E-state index < -0.39 is 6.04 Å². The highest BCUT2D eigenvalue weighted by Crippen LogP contribution is 2.21. The summed E-state index contributed by atoms with van der Waals surface area (Å²) in [5.41, 5.74) is 1.85. The second-order valence-corrected chi connectivity index (χ2v) is 9.39. The summed E-state index contributed by atoms with van der Waals surface area (Å²) in [6.07, 6.45) is 4.60. The van der Waals surface area contributed by atoms with Crippen LogP contribution in [0.4, 0.5) is 0 Å². The van der Waals surface area contributed by atoms with Crippen molar-refractivity contribution in [1.82, 2.24) is 10.2 Å². The molecule has 0 aliphatic heterocycles. The first-order valence-corrected chi connectivity index (χ1v) is 12.5. The number of rotatable bonds is 10. The summed E-state index contributed by atoms with van der Waals surface area (Å²) in [5, 5.41) is 3.79. The van der Waals surface area contributed by atoms with Crippen LogP contribution >= 0.6 is 11.6 Å². The lowest BCUT2D eigenvalue weighted by molar-refractivity contribution is -0.143. The van der Waals surface area contributed by atoms with E-state index in [1.807, 2.05) is 78.9 Å². The number of hydrogen-bond acceptors (Lipinski definition) is 3. The number of hydrogen-bond donors (Lipinski definition) is 1. The molecule has 1 aliphatic carbocycles. The Morgan fingerprint density at radius 3 is 2.26 bits per heavy atom. The molecule has 1 aliphatic rings. The van der Waals surface area contributed by atoms with Crippen molar-refractivity contribution >= 4 is 23.4 Å². The highest BCUT2D eigenvalue weighted by Gasteiger charge is 2.32. The Hall–Kier alpha value is -3.31. The second kappa shape index (κ2) is 12.4. The topological polar surface area (TPSA) is 58.6 Å². The maximum atomic E-state index is 13.6. The van der Waals surface area contributed by atoms with Crippen molar-refractivity contribution in [2.24, 2.45) is 0 Å². The SMILES string of the molecule is O=C(NC1CCCC1)[C@H](Cc1ccccc1)N(Cc1cccc(Cl)c1)C(=O)COc1ccccc1. The van der Waals surface area contributed by atoms with Crippen LogP contribution < -0.4 is 10.1 Å². The minimum absolute atomic E-state index is 0.129. The number of nitrogens with zero attached hydrogens (tertiary/aromatic N) is 1. The molecule has 0 bridgehead atoms. The van der Waals surface area contributed by atoms with Crippen LogP contribution in [0.1, 0.15) is 36.8 Å². The van der Waals surface area contributed by atoms with E-state index in [1.54, 1.807) is 11.0 Å². The van der Waals surface area contributed by atoms with Crippen LogP contribution in [0.15, 0.2) is 84.9 Å². The predicted octanol–water partition coefficient (Wildman–Crippen LogP) is 5.42. The van der Waals surface area contributed by atoms with Gasteiger partial charge in [0.1, 0.15) is 11.8 Å². The number of amides is 2. The van der Waals surface area contributed by atoms with Gasteiger partial charge in [-0.3, -0.25) is 9.59 Å². The zero-order chi connectivity index (χ0) is 24.5. The third kappa shape index (κ3) is 7.33. The zero-order valence-corrected chi connectivity index (χ0v) is 20.5. The largest absolute Gasteiger partial charge is 0.484 e. The quantitative estimate of drug-likeness (QED) is 0.413. The van der Waals surface area contributed by atoms with Gasteiger partial charge in [-0.2, -0.15) is 0 Å². The molecule has 1 N–H and O–H groups in total. The maximum Gasteiger partial charge on any atom is 0.261 e. The van der Waals surface area contributed by atoms with Crippen molar-refractivity contribution in [1.29, 1.82) is 0 Å². The first kappa shape index (κ1) is 24.8. The van der Waals surface area contributed by atoms with E-state index in [-0.39, 0.29) is 31.0 Å². The Balaban J connectivity index is 1.61. The molecular formula is C29H31ClN2O3. The molecule has 1 fully saturated rings. The fourth-order valence-corrected chi connectivity index (χ4v) is 4.71. The Morgan fingerprint density at radius 2 is 1.57 bits per heavy atom. The fraction of sp³-hybridized carbons (Fsp3) is 0.310. The lowest BCUT2D eigenvalue weighted by Gasteiger charge is -2.32. The average Bonchev–Trinajstić information content (AvgIpc) is 3.39. The molecule has 35 heavy (non-hydrogen) atoms. The van der Waals surface area contributed by atoms with Gasteiger partial charge in [0.15, 0.2) is 6.61 Å². The van der Waals surface area contributed by atoms with Crippen molar-refractivity contribution in [2.45, 2.75) is 50.7 Å². The van der Waals surface area contributed by atoms with Crippen LogP contribution in [0.25, 0.3) is 0 Å². The van der Waals surface area contributed by atoms with E-state index in [1.165, 1.54) is 0 Å². The van der Waals surface area contributed by atoms with E-state index >= 15 is 0 Å². The van der Waals surface area contributed by atoms with Crippen LogP contribution in [-0.4, -0.2) is 35.4 Å². The molecule has 4 rings (SSSR count). The normalized spacial score (nSPS) is 14.3. The summed E-state index contributed by atoms with van der Waals surface area (Å²) >= 11 is 6.23. The van der Waals surface area contributed by atoms with E-state index in [2.05, 4.69) is 5.32 Å². The van der Waals surface area contributed by atoms with Gasteiger partial charge in [-0.15, -0.1) is 0 Å².